The maximum atomic E-state index is 12.1. The predicted molar refractivity (Wildman–Crippen MR) is 82.4 cm³/mol. The molecule has 114 valence electrons. The summed E-state index contributed by atoms with van der Waals surface area (Å²) in [6.07, 6.45) is 1.78. The van der Waals surface area contributed by atoms with Gasteiger partial charge in [0.25, 0.3) is 0 Å². The third-order valence-electron chi connectivity index (χ3n) is 3.22. The number of amides is 1. The van der Waals surface area contributed by atoms with Crippen LogP contribution in [0.1, 0.15) is 18.4 Å². The Morgan fingerprint density at radius 3 is 3.00 bits per heavy atom. The molecule has 6 heteroatoms. The van der Waals surface area contributed by atoms with Gasteiger partial charge in [0.05, 0.1) is 18.3 Å². The van der Waals surface area contributed by atoms with Crippen LogP contribution in [0.5, 0.6) is 0 Å². The Kier molecular flexibility index (Phi) is 6.07. The summed E-state index contributed by atoms with van der Waals surface area (Å²) in [4.78, 5) is 22.6. The van der Waals surface area contributed by atoms with Crippen molar-refractivity contribution in [2.24, 2.45) is 5.92 Å². The van der Waals surface area contributed by atoms with Crippen LogP contribution < -0.4 is 5.32 Å². The average Bonchev–Trinajstić information content (AvgIpc) is 2.48. The number of carboxylic acid groups (broad SMARTS) is 1. The number of ether oxygens (including phenoxy) is 1. The molecular formula is C15H19NO4S. The third-order valence-corrected chi connectivity index (χ3v) is 4.21. The van der Waals surface area contributed by atoms with E-state index in [0.717, 1.165) is 30.7 Å². The van der Waals surface area contributed by atoms with Gasteiger partial charge in [-0.3, -0.25) is 9.59 Å². The molecule has 0 saturated carbocycles. The van der Waals surface area contributed by atoms with Crippen molar-refractivity contribution in [3.8, 4) is 0 Å². The van der Waals surface area contributed by atoms with Crippen LogP contribution in [0.15, 0.2) is 24.3 Å². The van der Waals surface area contributed by atoms with Crippen LogP contribution in [0.25, 0.3) is 0 Å². The molecule has 2 rings (SSSR count). The van der Waals surface area contributed by atoms with Crippen LogP contribution in [0, 0.1) is 5.92 Å². The second kappa shape index (κ2) is 8.05. The molecule has 1 fully saturated rings. The number of aliphatic carboxylic acids is 1. The summed E-state index contributed by atoms with van der Waals surface area (Å²) in [7, 11) is 0. The molecule has 0 aromatic heterocycles. The van der Waals surface area contributed by atoms with Crippen molar-refractivity contribution in [2.45, 2.75) is 18.6 Å². The molecule has 0 radical (unpaired) electrons. The van der Waals surface area contributed by atoms with E-state index in [1.807, 2.05) is 24.3 Å². The van der Waals surface area contributed by atoms with Gasteiger partial charge in [-0.05, 0) is 30.5 Å². The molecule has 1 aromatic carbocycles. The Bertz CT molecular complexity index is 500. The summed E-state index contributed by atoms with van der Waals surface area (Å²) >= 11 is 1.34. The molecule has 1 heterocycles. The van der Waals surface area contributed by atoms with E-state index in [2.05, 4.69) is 5.32 Å². The van der Waals surface area contributed by atoms with Crippen molar-refractivity contribution in [3.05, 3.63) is 29.8 Å². The molecule has 0 bridgehead atoms. The van der Waals surface area contributed by atoms with Crippen molar-refractivity contribution >= 4 is 29.3 Å². The first-order valence-corrected chi connectivity index (χ1v) is 8.07. The maximum Gasteiger partial charge on any atom is 0.313 e. The molecule has 1 aliphatic heterocycles. The van der Waals surface area contributed by atoms with Crippen LogP contribution in [0.2, 0.25) is 0 Å². The van der Waals surface area contributed by atoms with Crippen LogP contribution in [0.3, 0.4) is 0 Å². The van der Waals surface area contributed by atoms with E-state index < -0.39 is 5.97 Å². The van der Waals surface area contributed by atoms with E-state index in [4.69, 9.17) is 9.84 Å². The summed E-state index contributed by atoms with van der Waals surface area (Å²) in [5, 5.41) is 11.5. The lowest BCUT2D eigenvalue weighted by molar-refractivity contribution is -0.134. The van der Waals surface area contributed by atoms with Crippen LogP contribution in [0.4, 0.5) is 5.69 Å². The zero-order valence-electron chi connectivity index (χ0n) is 11.7. The lowest BCUT2D eigenvalue weighted by atomic mass is 10.0. The molecule has 1 aromatic rings. The van der Waals surface area contributed by atoms with Crippen LogP contribution in [-0.4, -0.2) is 35.9 Å². The lowest BCUT2D eigenvalue weighted by Crippen LogP contribution is -2.30. The summed E-state index contributed by atoms with van der Waals surface area (Å²) in [5.41, 5.74) is 1.75. The van der Waals surface area contributed by atoms with Gasteiger partial charge in [0.2, 0.25) is 5.91 Å². The molecule has 1 unspecified atom stereocenters. The van der Waals surface area contributed by atoms with Crippen LogP contribution >= 0.6 is 11.8 Å². The predicted octanol–water partition coefficient (Wildman–Crippen LogP) is 2.37. The van der Waals surface area contributed by atoms with E-state index in [1.165, 1.54) is 11.8 Å². The third kappa shape index (κ3) is 5.40. The van der Waals surface area contributed by atoms with Crippen molar-refractivity contribution in [1.82, 2.24) is 0 Å². The fourth-order valence-corrected chi connectivity index (χ4v) is 2.88. The minimum absolute atomic E-state index is 0.00922. The Labute approximate surface area is 128 Å². The number of anilines is 1. The Hall–Kier alpha value is -1.53. The summed E-state index contributed by atoms with van der Waals surface area (Å²) in [6, 6.07) is 7.52. The van der Waals surface area contributed by atoms with E-state index >= 15 is 0 Å². The van der Waals surface area contributed by atoms with Crippen molar-refractivity contribution in [3.63, 3.8) is 0 Å². The van der Waals surface area contributed by atoms with Crippen molar-refractivity contribution in [2.75, 3.05) is 24.3 Å². The Morgan fingerprint density at radius 2 is 2.29 bits per heavy atom. The highest BCUT2D eigenvalue weighted by molar-refractivity contribution is 7.99. The number of thioether (sulfide) groups is 1. The SMILES string of the molecule is O=C(O)CSCc1cccc(NC(=O)C2CCCOC2)c1. The number of carbonyl (C=O) groups is 2. The van der Waals surface area contributed by atoms with Gasteiger partial charge in [-0.2, -0.15) is 0 Å². The van der Waals surface area contributed by atoms with Crippen LogP contribution in [-0.2, 0) is 20.1 Å². The van der Waals surface area contributed by atoms with Gasteiger partial charge >= 0.3 is 5.97 Å². The second-order valence-electron chi connectivity index (χ2n) is 4.99. The molecule has 1 aliphatic rings. The molecular weight excluding hydrogens is 290 g/mol. The van der Waals surface area contributed by atoms with Crippen molar-refractivity contribution < 1.29 is 19.4 Å². The number of hydrogen-bond acceptors (Lipinski definition) is 4. The van der Waals surface area contributed by atoms with Crippen molar-refractivity contribution in [1.29, 1.82) is 0 Å². The topological polar surface area (TPSA) is 75.6 Å². The molecule has 21 heavy (non-hydrogen) atoms. The molecule has 1 atom stereocenters. The number of benzene rings is 1. The minimum Gasteiger partial charge on any atom is -0.481 e. The van der Waals surface area contributed by atoms with E-state index in [1.54, 1.807) is 0 Å². The van der Waals surface area contributed by atoms with E-state index in [0.29, 0.717) is 12.4 Å². The number of rotatable bonds is 6. The number of carbonyl (C=O) groups excluding carboxylic acids is 1. The number of hydrogen-bond donors (Lipinski definition) is 2. The first-order valence-electron chi connectivity index (χ1n) is 6.92. The number of carboxylic acids is 1. The summed E-state index contributed by atoms with van der Waals surface area (Å²) in [5.74, 6) is -0.214. The summed E-state index contributed by atoms with van der Waals surface area (Å²) < 4.78 is 5.32. The second-order valence-corrected chi connectivity index (χ2v) is 5.98. The molecule has 0 aliphatic carbocycles. The standard InChI is InChI=1S/C15H19NO4S/c17-14(18)10-21-9-11-3-1-5-13(7-11)16-15(19)12-4-2-6-20-8-12/h1,3,5,7,12H,2,4,6,8-10H2,(H,16,19)(H,17,18). The van der Waals surface area contributed by atoms with E-state index in [9.17, 15) is 9.59 Å². The van der Waals surface area contributed by atoms with Gasteiger partial charge < -0.3 is 15.2 Å². The van der Waals surface area contributed by atoms with Gasteiger partial charge in [-0.15, -0.1) is 11.8 Å². The normalized spacial score (nSPS) is 18.2. The average molecular weight is 309 g/mol. The molecule has 5 nitrogen and oxygen atoms in total. The quantitative estimate of drug-likeness (QED) is 0.844. The lowest BCUT2D eigenvalue weighted by Gasteiger charge is -2.21. The van der Waals surface area contributed by atoms with Gasteiger partial charge in [-0.1, -0.05) is 12.1 Å². The van der Waals surface area contributed by atoms with E-state index in [-0.39, 0.29) is 17.6 Å². The smallest absolute Gasteiger partial charge is 0.313 e. The molecule has 2 N–H and O–H groups in total. The van der Waals surface area contributed by atoms with Gasteiger partial charge in [0, 0.05) is 18.0 Å². The first-order chi connectivity index (χ1) is 10.1. The minimum atomic E-state index is -0.818. The fourth-order valence-electron chi connectivity index (χ4n) is 2.19. The number of nitrogens with one attached hydrogen (secondary N) is 1. The first kappa shape index (κ1) is 15.9. The zero-order valence-corrected chi connectivity index (χ0v) is 12.5. The molecule has 1 amide bonds. The van der Waals surface area contributed by atoms with Gasteiger partial charge in [0.15, 0.2) is 0 Å². The Morgan fingerprint density at radius 1 is 1.43 bits per heavy atom. The Balaban J connectivity index is 1.87. The highest BCUT2D eigenvalue weighted by Crippen LogP contribution is 2.19. The maximum absolute atomic E-state index is 12.1. The fraction of sp³-hybridized carbons (Fsp3) is 0.467. The summed E-state index contributed by atoms with van der Waals surface area (Å²) in [6.45, 7) is 1.22. The highest BCUT2D eigenvalue weighted by atomic mass is 32.2. The monoisotopic (exact) mass is 309 g/mol. The largest absolute Gasteiger partial charge is 0.481 e. The van der Waals surface area contributed by atoms with Gasteiger partial charge in [-0.25, -0.2) is 0 Å². The van der Waals surface area contributed by atoms with Gasteiger partial charge in [0.1, 0.15) is 0 Å². The molecule has 1 saturated heterocycles. The molecule has 0 spiro atoms. The highest BCUT2D eigenvalue weighted by Gasteiger charge is 2.21. The zero-order chi connectivity index (χ0) is 15.1.